The zero-order chi connectivity index (χ0) is 13.1. The van der Waals surface area contributed by atoms with Crippen molar-refractivity contribution in [2.45, 2.75) is 6.92 Å². The minimum Gasteiger partial charge on any atom is -0.387 e. The lowest BCUT2D eigenvalue weighted by molar-refractivity contribution is 0.0772. The van der Waals surface area contributed by atoms with Crippen LogP contribution < -0.4 is 5.32 Å². The largest absolute Gasteiger partial charge is 0.387 e. The Labute approximate surface area is 109 Å². The summed E-state index contributed by atoms with van der Waals surface area (Å²) in [5.41, 5.74) is 2.24. The van der Waals surface area contributed by atoms with E-state index in [4.69, 9.17) is 0 Å². The first kappa shape index (κ1) is 13.0. The first-order valence-corrected chi connectivity index (χ1v) is 7.39. The van der Waals surface area contributed by atoms with Crippen molar-refractivity contribution in [1.82, 2.24) is 9.88 Å². The molecule has 0 unspecified atom stereocenters. The van der Waals surface area contributed by atoms with Gasteiger partial charge in [0.25, 0.3) is 5.91 Å². The van der Waals surface area contributed by atoms with Gasteiger partial charge in [-0.15, -0.1) is 0 Å². The Kier molecular flexibility index (Phi) is 3.96. The standard InChI is InChI=1S/C12H17N3O2S/c1-9-7-11(13-2)10(8-14-9)12(16)15-3-5-18(17)6-4-15/h7-8H,3-6H2,1-2H3,(H,13,14). The third-order valence-electron chi connectivity index (χ3n) is 3.01. The van der Waals surface area contributed by atoms with Gasteiger partial charge in [-0.1, -0.05) is 0 Å². The molecular weight excluding hydrogens is 250 g/mol. The second kappa shape index (κ2) is 5.48. The van der Waals surface area contributed by atoms with Gasteiger partial charge < -0.3 is 10.2 Å². The Balaban J connectivity index is 2.20. The van der Waals surface area contributed by atoms with Crippen LogP contribution in [-0.2, 0) is 10.8 Å². The predicted molar refractivity (Wildman–Crippen MR) is 72.3 cm³/mol. The monoisotopic (exact) mass is 267 g/mol. The maximum atomic E-state index is 12.3. The smallest absolute Gasteiger partial charge is 0.257 e. The van der Waals surface area contributed by atoms with E-state index in [-0.39, 0.29) is 5.91 Å². The molecule has 0 atom stereocenters. The zero-order valence-electron chi connectivity index (χ0n) is 10.6. The summed E-state index contributed by atoms with van der Waals surface area (Å²) in [6.07, 6.45) is 1.61. The summed E-state index contributed by atoms with van der Waals surface area (Å²) in [6.45, 7) is 3.00. The molecule has 5 nitrogen and oxygen atoms in total. The molecule has 2 heterocycles. The Hall–Kier alpha value is -1.43. The van der Waals surface area contributed by atoms with Crippen LogP contribution in [0.2, 0.25) is 0 Å². The number of carbonyl (C=O) groups is 1. The Morgan fingerprint density at radius 2 is 2.11 bits per heavy atom. The zero-order valence-corrected chi connectivity index (χ0v) is 11.4. The fraction of sp³-hybridized carbons (Fsp3) is 0.500. The molecule has 0 radical (unpaired) electrons. The first-order valence-electron chi connectivity index (χ1n) is 5.90. The molecule has 1 N–H and O–H groups in total. The Morgan fingerprint density at radius 1 is 1.44 bits per heavy atom. The summed E-state index contributed by atoms with van der Waals surface area (Å²) in [4.78, 5) is 18.3. The predicted octanol–water partition coefficient (Wildman–Crippen LogP) is 0.636. The van der Waals surface area contributed by atoms with Crippen molar-refractivity contribution >= 4 is 22.4 Å². The van der Waals surface area contributed by atoms with E-state index in [0.29, 0.717) is 30.2 Å². The summed E-state index contributed by atoms with van der Waals surface area (Å²) in [5, 5.41) is 3.02. The number of anilines is 1. The average Bonchev–Trinajstić information content (AvgIpc) is 2.38. The highest BCUT2D eigenvalue weighted by Gasteiger charge is 2.23. The SMILES string of the molecule is CNc1cc(C)ncc1C(=O)N1CCS(=O)CC1. The number of aryl methyl sites for hydroxylation is 1. The molecule has 0 bridgehead atoms. The van der Waals surface area contributed by atoms with Gasteiger partial charge in [-0.3, -0.25) is 14.0 Å². The summed E-state index contributed by atoms with van der Waals surface area (Å²) >= 11 is 0. The van der Waals surface area contributed by atoms with Gasteiger partial charge in [-0.05, 0) is 13.0 Å². The van der Waals surface area contributed by atoms with Crippen molar-refractivity contribution in [3.05, 3.63) is 23.5 Å². The second-order valence-corrected chi connectivity index (χ2v) is 5.96. The van der Waals surface area contributed by atoms with Gasteiger partial charge in [0.2, 0.25) is 0 Å². The Bertz CT molecular complexity index is 480. The van der Waals surface area contributed by atoms with Crippen molar-refractivity contribution in [3.63, 3.8) is 0 Å². The molecule has 6 heteroatoms. The minimum atomic E-state index is -0.770. The van der Waals surface area contributed by atoms with Crippen LogP contribution in [0.4, 0.5) is 5.69 Å². The number of nitrogens with zero attached hydrogens (tertiary/aromatic N) is 2. The number of rotatable bonds is 2. The van der Waals surface area contributed by atoms with Crippen LogP contribution in [0.3, 0.4) is 0 Å². The van der Waals surface area contributed by atoms with Gasteiger partial charge in [0.15, 0.2) is 0 Å². The number of pyridine rings is 1. The van der Waals surface area contributed by atoms with E-state index in [0.717, 1.165) is 11.4 Å². The molecule has 1 fully saturated rings. The fourth-order valence-corrected chi connectivity index (χ4v) is 3.00. The molecule has 1 amide bonds. The molecule has 0 spiro atoms. The van der Waals surface area contributed by atoms with Gasteiger partial charge in [-0.2, -0.15) is 0 Å². The normalized spacial score (nSPS) is 16.7. The summed E-state index contributed by atoms with van der Waals surface area (Å²) < 4.78 is 11.3. The molecule has 98 valence electrons. The highest BCUT2D eigenvalue weighted by atomic mass is 32.2. The molecule has 1 aliphatic heterocycles. The first-order chi connectivity index (χ1) is 8.61. The number of aromatic nitrogens is 1. The van der Waals surface area contributed by atoms with Gasteiger partial charge >= 0.3 is 0 Å². The number of hydrogen-bond acceptors (Lipinski definition) is 4. The van der Waals surface area contributed by atoms with Crippen LogP contribution in [0, 0.1) is 6.92 Å². The van der Waals surface area contributed by atoms with Crippen LogP contribution in [-0.4, -0.2) is 51.6 Å². The Morgan fingerprint density at radius 3 is 2.72 bits per heavy atom. The average molecular weight is 267 g/mol. The quantitative estimate of drug-likeness (QED) is 0.854. The third-order valence-corrected chi connectivity index (χ3v) is 4.28. The maximum absolute atomic E-state index is 12.3. The molecule has 1 saturated heterocycles. The van der Waals surface area contributed by atoms with Crippen LogP contribution in [0.25, 0.3) is 0 Å². The van der Waals surface area contributed by atoms with E-state index in [1.54, 1.807) is 18.1 Å². The van der Waals surface area contributed by atoms with Crippen molar-refractivity contribution in [2.24, 2.45) is 0 Å². The molecule has 1 aliphatic rings. The summed E-state index contributed by atoms with van der Waals surface area (Å²) in [5.74, 6) is 1.10. The van der Waals surface area contributed by atoms with Crippen LogP contribution in [0.5, 0.6) is 0 Å². The van der Waals surface area contributed by atoms with Gasteiger partial charge in [0, 0.05) is 54.3 Å². The minimum absolute atomic E-state index is 0.0384. The highest BCUT2D eigenvalue weighted by Crippen LogP contribution is 2.18. The molecule has 2 rings (SSSR count). The van der Waals surface area contributed by atoms with Crippen molar-refractivity contribution in [3.8, 4) is 0 Å². The third kappa shape index (κ3) is 2.69. The van der Waals surface area contributed by atoms with E-state index in [9.17, 15) is 9.00 Å². The van der Waals surface area contributed by atoms with Crippen molar-refractivity contribution in [2.75, 3.05) is 37.0 Å². The highest BCUT2D eigenvalue weighted by molar-refractivity contribution is 7.85. The number of hydrogen-bond donors (Lipinski definition) is 1. The van der Waals surface area contributed by atoms with Gasteiger partial charge in [0.1, 0.15) is 0 Å². The second-order valence-electron chi connectivity index (χ2n) is 4.26. The lowest BCUT2D eigenvalue weighted by atomic mass is 10.2. The molecule has 0 aromatic carbocycles. The summed E-state index contributed by atoms with van der Waals surface area (Å²) in [6, 6.07) is 1.86. The molecule has 0 saturated carbocycles. The number of carbonyl (C=O) groups excluding carboxylic acids is 1. The van der Waals surface area contributed by atoms with E-state index in [2.05, 4.69) is 10.3 Å². The van der Waals surface area contributed by atoms with Crippen molar-refractivity contribution in [1.29, 1.82) is 0 Å². The number of nitrogens with one attached hydrogen (secondary N) is 1. The van der Waals surface area contributed by atoms with Crippen LogP contribution in [0.15, 0.2) is 12.3 Å². The van der Waals surface area contributed by atoms with E-state index >= 15 is 0 Å². The summed E-state index contributed by atoms with van der Waals surface area (Å²) in [7, 11) is 1.02. The van der Waals surface area contributed by atoms with E-state index < -0.39 is 10.8 Å². The molecule has 0 aliphatic carbocycles. The van der Waals surface area contributed by atoms with E-state index in [1.165, 1.54) is 0 Å². The lowest BCUT2D eigenvalue weighted by Gasteiger charge is -2.27. The van der Waals surface area contributed by atoms with Crippen LogP contribution in [0.1, 0.15) is 16.1 Å². The van der Waals surface area contributed by atoms with E-state index in [1.807, 2.05) is 13.0 Å². The van der Waals surface area contributed by atoms with Gasteiger partial charge in [-0.25, -0.2) is 0 Å². The molecule has 1 aromatic heterocycles. The number of amides is 1. The topological polar surface area (TPSA) is 62.3 Å². The molecule has 18 heavy (non-hydrogen) atoms. The maximum Gasteiger partial charge on any atom is 0.257 e. The molecular formula is C12H17N3O2S. The van der Waals surface area contributed by atoms with Gasteiger partial charge in [0.05, 0.1) is 11.3 Å². The van der Waals surface area contributed by atoms with Crippen LogP contribution >= 0.6 is 0 Å². The fourth-order valence-electron chi connectivity index (χ4n) is 1.95. The van der Waals surface area contributed by atoms with Crippen molar-refractivity contribution < 1.29 is 9.00 Å². The molecule has 1 aromatic rings. The lowest BCUT2D eigenvalue weighted by Crippen LogP contribution is -2.42.